The van der Waals surface area contributed by atoms with Crippen molar-refractivity contribution in [1.82, 2.24) is 0 Å². The Morgan fingerprint density at radius 3 is 1.32 bits per heavy atom. The first-order valence-corrected chi connectivity index (χ1v) is 24.2. The van der Waals surface area contributed by atoms with Crippen LogP contribution in [0.2, 0.25) is 0 Å². The normalized spacial score (nSPS) is 12.9. The van der Waals surface area contributed by atoms with Gasteiger partial charge in [0.1, 0.15) is 12.6 Å². The van der Waals surface area contributed by atoms with Gasteiger partial charge in [0.15, 0.2) is 6.10 Å². The minimum atomic E-state index is -1.12. The monoisotopic (exact) mass is 808 g/mol. The predicted molar refractivity (Wildman–Crippen MR) is 236 cm³/mol. The first-order valence-electron chi connectivity index (χ1n) is 24.2. The molecule has 2 atom stereocenters. The number of ether oxygens (including phenoxy) is 3. The Morgan fingerprint density at radius 2 is 0.895 bits per heavy atom. The highest BCUT2D eigenvalue weighted by atomic mass is 16.6. The second kappa shape index (κ2) is 40.8. The Hall–Kier alpha value is -1.93. The predicted octanol–water partition coefficient (Wildman–Crippen LogP) is 12.1. The fraction of sp³-hybridized carbons (Fsp3) is 0.898. The molecule has 0 saturated carbocycles. The molecule has 0 aliphatic heterocycles. The molecule has 57 heavy (non-hydrogen) atoms. The molecule has 0 bridgehead atoms. The standard InChI is InChI=1S/C49H93NO7/c1-6-8-10-12-14-16-18-19-20-21-22-23-24-25-26-27-28-30-31-33-35-37-39-47(51)56-44-45(43-55-42-41-46(49(53)54)50(3,4)5)57-48(52)40-38-36-34-32-29-17-15-13-11-9-7-2/h13,15,45-46H,6-12,14,16-44H2,1-5H3/b15-13-. The van der Waals surface area contributed by atoms with Crippen LogP contribution in [0, 0.1) is 0 Å². The molecular weight excluding hydrogens is 715 g/mol. The molecule has 336 valence electrons. The van der Waals surface area contributed by atoms with E-state index in [0.717, 1.165) is 51.4 Å². The van der Waals surface area contributed by atoms with E-state index in [9.17, 15) is 19.5 Å². The summed E-state index contributed by atoms with van der Waals surface area (Å²) in [6, 6.07) is -0.723. The highest BCUT2D eigenvalue weighted by molar-refractivity contribution is 5.70. The molecule has 0 spiro atoms. The molecule has 0 aliphatic carbocycles. The number of carbonyl (C=O) groups excluding carboxylic acids is 3. The quantitative estimate of drug-likeness (QED) is 0.0261. The van der Waals surface area contributed by atoms with E-state index in [-0.39, 0.29) is 42.7 Å². The Balaban J connectivity index is 4.13. The van der Waals surface area contributed by atoms with Gasteiger partial charge in [-0.3, -0.25) is 9.59 Å². The van der Waals surface area contributed by atoms with Crippen molar-refractivity contribution in [2.24, 2.45) is 0 Å². The van der Waals surface area contributed by atoms with Gasteiger partial charge in [-0.2, -0.15) is 0 Å². The smallest absolute Gasteiger partial charge is 0.306 e. The highest BCUT2D eigenvalue weighted by Crippen LogP contribution is 2.16. The Labute approximate surface area is 352 Å². The fourth-order valence-electron chi connectivity index (χ4n) is 7.35. The number of rotatable bonds is 44. The molecule has 0 aromatic carbocycles. The van der Waals surface area contributed by atoms with Crippen molar-refractivity contribution >= 4 is 17.9 Å². The lowest BCUT2D eigenvalue weighted by molar-refractivity contribution is -0.889. The van der Waals surface area contributed by atoms with Gasteiger partial charge in [0.25, 0.3) is 0 Å². The summed E-state index contributed by atoms with van der Waals surface area (Å²) >= 11 is 0. The van der Waals surface area contributed by atoms with Crippen molar-refractivity contribution in [2.45, 2.75) is 244 Å². The van der Waals surface area contributed by atoms with Gasteiger partial charge in [0.2, 0.25) is 0 Å². The first-order chi connectivity index (χ1) is 27.6. The fourth-order valence-corrected chi connectivity index (χ4v) is 7.35. The van der Waals surface area contributed by atoms with Gasteiger partial charge in [0.05, 0.1) is 40.3 Å². The molecule has 8 heteroatoms. The van der Waals surface area contributed by atoms with Crippen molar-refractivity contribution in [2.75, 3.05) is 41.0 Å². The van der Waals surface area contributed by atoms with Crippen LogP contribution in [0.4, 0.5) is 0 Å². The molecule has 2 unspecified atom stereocenters. The number of carbonyl (C=O) groups is 3. The number of hydrogen-bond donors (Lipinski definition) is 0. The summed E-state index contributed by atoms with van der Waals surface area (Å²) in [5, 5.41) is 11.6. The van der Waals surface area contributed by atoms with Crippen LogP contribution in [-0.4, -0.2) is 75.5 Å². The molecule has 8 nitrogen and oxygen atoms in total. The molecule has 0 amide bonds. The maximum atomic E-state index is 12.7. The number of allylic oxidation sites excluding steroid dienone is 2. The minimum absolute atomic E-state index is 0.0428. The van der Waals surface area contributed by atoms with Crippen LogP contribution < -0.4 is 5.11 Å². The third kappa shape index (κ3) is 39.3. The lowest BCUT2D eigenvalue weighted by atomic mass is 10.0. The van der Waals surface area contributed by atoms with Gasteiger partial charge in [-0.25, -0.2) is 0 Å². The van der Waals surface area contributed by atoms with Crippen LogP contribution in [0.3, 0.4) is 0 Å². The van der Waals surface area contributed by atoms with Crippen molar-refractivity contribution in [3.8, 4) is 0 Å². The van der Waals surface area contributed by atoms with Crippen LogP contribution in [0.15, 0.2) is 12.2 Å². The SMILES string of the molecule is CCCC/C=C\CCCCCCCC(=O)OC(COCCC(C(=O)[O-])[N+](C)(C)C)COC(=O)CCCCCCCCCCCCCCCCCCCCCCCC. The summed E-state index contributed by atoms with van der Waals surface area (Å²) in [5.41, 5.74) is 0. The number of quaternary nitrogens is 1. The van der Waals surface area contributed by atoms with E-state index < -0.39 is 18.1 Å². The zero-order valence-electron chi connectivity index (χ0n) is 38.3. The highest BCUT2D eigenvalue weighted by Gasteiger charge is 2.25. The third-order valence-electron chi connectivity index (χ3n) is 11.2. The van der Waals surface area contributed by atoms with Crippen molar-refractivity contribution in [1.29, 1.82) is 0 Å². The van der Waals surface area contributed by atoms with Crippen molar-refractivity contribution in [3.63, 3.8) is 0 Å². The average molecular weight is 808 g/mol. The number of unbranched alkanes of at least 4 members (excludes halogenated alkanes) is 28. The Morgan fingerprint density at radius 1 is 0.509 bits per heavy atom. The Bertz CT molecular complexity index is 947. The second-order valence-corrected chi connectivity index (χ2v) is 17.7. The van der Waals surface area contributed by atoms with E-state index in [1.54, 1.807) is 21.1 Å². The van der Waals surface area contributed by atoms with Gasteiger partial charge in [0, 0.05) is 19.3 Å². The lowest BCUT2D eigenvalue weighted by Crippen LogP contribution is -2.55. The maximum absolute atomic E-state index is 12.7. The molecule has 0 aliphatic rings. The molecule has 0 fully saturated rings. The molecular formula is C49H93NO7. The summed E-state index contributed by atoms with van der Waals surface area (Å²) in [6.07, 6.45) is 43.9. The Kier molecular flexibility index (Phi) is 39.4. The summed E-state index contributed by atoms with van der Waals surface area (Å²) in [4.78, 5) is 36.9. The van der Waals surface area contributed by atoms with Gasteiger partial charge in [-0.1, -0.05) is 193 Å². The number of carboxylic acid groups (broad SMARTS) is 1. The number of likely N-dealkylation sites (N-methyl/N-ethyl adjacent to an activating group) is 1. The molecule has 0 aromatic heterocycles. The van der Waals surface area contributed by atoms with E-state index in [0.29, 0.717) is 12.8 Å². The summed E-state index contributed by atoms with van der Waals surface area (Å²) in [6.45, 7) is 4.65. The van der Waals surface area contributed by atoms with E-state index in [1.165, 1.54) is 148 Å². The van der Waals surface area contributed by atoms with Gasteiger partial charge >= 0.3 is 11.9 Å². The number of nitrogens with zero attached hydrogens (tertiary/aromatic N) is 1. The lowest BCUT2D eigenvalue weighted by Gasteiger charge is -2.34. The van der Waals surface area contributed by atoms with Crippen molar-refractivity contribution in [3.05, 3.63) is 12.2 Å². The third-order valence-corrected chi connectivity index (χ3v) is 11.2. The van der Waals surface area contributed by atoms with E-state index in [1.807, 2.05) is 0 Å². The van der Waals surface area contributed by atoms with E-state index >= 15 is 0 Å². The summed E-state index contributed by atoms with van der Waals surface area (Å²) in [7, 11) is 5.41. The van der Waals surface area contributed by atoms with E-state index in [4.69, 9.17) is 14.2 Å². The van der Waals surface area contributed by atoms with Crippen LogP contribution in [0.25, 0.3) is 0 Å². The van der Waals surface area contributed by atoms with Crippen LogP contribution in [0.5, 0.6) is 0 Å². The zero-order valence-corrected chi connectivity index (χ0v) is 38.3. The molecule has 0 aromatic rings. The van der Waals surface area contributed by atoms with Gasteiger partial charge < -0.3 is 28.6 Å². The van der Waals surface area contributed by atoms with Crippen molar-refractivity contribution < 1.29 is 38.2 Å². The molecule has 0 saturated heterocycles. The molecule has 0 radical (unpaired) electrons. The van der Waals surface area contributed by atoms with Crippen LogP contribution in [-0.2, 0) is 28.6 Å². The molecule has 0 rings (SSSR count). The number of aliphatic carboxylic acids is 1. The largest absolute Gasteiger partial charge is 0.544 e. The zero-order chi connectivity index (χ0) is 42.1. The first kappa shape index (κ1) is 55.1. The number of carboxylic acids is 1. The summed E-state index contributed by atoms with van der Waals surface area (Å²) < 4.78 is 17.2. The summed E-state index contributed by atoms with van der Waals surface area (Å²) in [5.74, 6) is -1.73. The van der Waals surface area contributed by atoms with Crippen LogP contribution in [0.1, 0.15) is 232 Å². The van der Waals surface area contributed by atoms with Gasteiger partial charge in [-0.05, 0) is 32.1 Å². The topological polar surface area (TPSA) is 102 Å². The minimum Gasteiger partial charge on any atom is -0.544 e. The molecule has 0 heterocycles. The maximum Gasteiger partial charge on any atom is 0.306 e. The van der Waals surface area contributed by atoms with Crippen LogP contribution >= 0.6 is 0 Å². The second-order valence-electron chi connectivity index (χ2n) is 17.7. The van der Waals surface area contributed by atoms with Gasteiger partial charge in [-0.15, -0.1) is 0 Å². The number of hydrogen-bond acceptors (Lipinski definition) is 7. The number of esters is 2. The van der Waals surface area contributed by atoms with E-state index in [2.05, 4.69) is 26.0 Å². The average Bonchev–Trinajstić information content (AvgIpc) is 3.17. The molecule has 0 N–H and O–H groups in total.